The summed E-state index contributed by atoms with van der Waals surface area (Å²) in [5.74, 6) is 0.524. The molecule has 0 saturated carbocycles. The minimum Gasteiger partial charge on any atom is -0.378 e. The summed E-state index contributed by atoms with van der Waals surface area (Å²) in [7, 11) is 3.95. The zero-order valence-electron chi connectivity index (χ0n) is 13.3. The highest BCUT2D eigenvalue weighted by Crippen LogP contribution is 2.23. The van der Waals surface area contributed by atoms with E-state index in [0.29, 0.717) is 10.6 Å². The number of rotatable bonds is 5. The van der Waals surface area contributed by atoms with Crippen molar-refractivity contribution in [2.45, 2.75) is 6.54 Å². The number of anilines is 2. The Bertz CT molecular complexity index is 878. The average molecular weight is 359 g/mol. The van der Waals surface area contributed by atoms with Crippen LogP contribution in [-0.4, -0.2) is 34.8 Å². The van der Waals surface area contributed by atoms with Gasteiger partial charge in [-0.3, -0.25) is 14.5 Å². The van der Waals surface area contributed by atoms with Crippen LogP contribution in [0.1, 0.15) is 0 Å². The Balaban J connectivity index is 1.74. The van der Waals surface area contributed by atoms with E-state index in [-0.39, 0.29) is 12.5 Å². The second-order valence-corrected chi connectivity index (χ2v) is 6.74. The fraction of sp³-hybridized carbons (Fsp3) is 0.188. The summed E-state index contributed by atoms with van der Waals surface area (Å²) < 4.78 is 2.13. The van der Waals surface area contributed by atoms with Crippen LogP contribution in [0.2, 0.25) is 0 Å². The highest BCUT2D eigenvalue weighted by Gasteiger charge is 2.13. The lowest BCUT2D eigenvalue weighted by atomic mass is 10.2. The molecular formula is C16H17N5OS2. The molecule has 0 spiro atoms. The van der Waals surface area contributed by atoms with E-state index >= 15 is 0 Å². The molecule has 2 aromatic heterocycles. The molecule has 2 heterocycles. The van der Waals surface area contributed by atoms with Crippen molar-refractivity contribution < 1.29 is 4.79 Å². The lowest BCUT2D eigenvalue weighted by Gasteiger charge is -2.13. The van der Waals surface area contributed by atoms with E-state index in [1.165, 1.54) is 0 Å². The molecule has 124 valence electrons. The van der Waals surface area contributed by atoms with Crippen LogP contribution < -0.4 is 10.2 Å². The van der Waals surface area contributed by atoms with Crippen LogP contribution in [0.4, 0.5) is 11.4 Å². The molecule has 0 aliphatic rings. The molecule has 24 heavy (non-hydrogen) atoms. The highest BCUT2D eigenvalue weighted by molar-refractivity contribution is 7.71. The second kappa shape index (κ2) is 6.98. The SMILES string of the molecule is CN(C)c1ccc(NC(=O)Cn2c(-c3cccs3)n[nH]c2=S)cc1. The Morgan fingerprint density at radius 3 is 2.71 bits per heavy atom. The Hall–Kier alpha value is -2.45. The minimum absolute atomic E-state index is 0.109. The first-order valence-corrected chi connectivity index (χ1v) is 8.59. The molecule has 0 fully saturated rings. The van der Waals surface area contributed by atoms with E-state index in [0.717, 1.165) is 16.3 Å². The largest absolute Gasteiger partial charge is 0.378 e. The monoisotopic (exact) mass is 359 g/mol. The first-order chi connectivity index (χ1) is 11.5. The van der Waals surface area contributed by atoms with Gasteiger partial charge in [-0.2, -0.15) is 5.10 Å². The molecule has 0 atom stereocenters. The molecule has 3 rings (SSSR count). The predicted molar refractivity (Wildman–Crippen MR) is 100 cm³/mol. The molecule has 1 amide bonds. The van der Waals surface area contributed by atoms with Crippen molar-refractivity contribution in [2.75, 3.05) is 24.3 Å². The van der Waals surface area contributed by atoms with Gasteiger partial charge in [-0.15, -0.1) is 11.3 Å². The quantitative estimate of drug-likeness (QED) is 0.686. The fourth-order valence-electron chi connectivity index (χ4n) is 2.25. The van der Waals surface area contributed by atoms with Gasteiger partial charge in [-0.25, -0.2) is 0 Å². The number of H-pyrrole nitrogens is 1. The number of nitrogens with zero attached hydrogens (tertiary/aromatic N) is 3. The zero-order chi connectivity index (χ0) is 17.1. The van der Waals surface area contributed by atoms with Crippen LogP contribution >= 0.6 is 23.6 Å². The molecule has 0 aliphatic carbocycles. The molecule has 0 radical (unpaired) electrons. The topological polar surface area (TPSA) is 66.0 Å². The van der Waals surface area contributed by atoms with E-state index in [4.69, 9.17) is 12.2 Å². The number of thiophene rings is 1. The average Bonchev–Trinajstić information content (AvgIpc) is 3.19. The zero-order valence-corrected chi connectivity index (χ0v) is 14.9. The van der Waals surface area contributed by atoms with Crippen molar-refractivity contribution in [3.8, 4) is 10.7 Å². The third-order valence-electron chi connectivity index (χ3n) is 3.47. The Labute approximate surface area is 148 Å². The van der Waals surface area contributed by atoms with Gasteiger partial charge in [0.2, 0.25) is 5.91 Å². The van der Waals surface area contributed by atoms with Crippen LogP contribution in [0, 0.1) is 4.77 Å². The number of hydrogen-bond acceptors (Lipinski definition) is 5. The van der Waals surface area contributed by atoms with Gasteiger partial charge in [0.05, 0.1) is 4.88 Å². The van der Waals surface area contributed by atoms with E-state index in [2.05, 4.69) is 15.5 Å². The van der Waals surface area contributed by atoms with Crippen LogP contribution in [0.3, 0.4) is 0 Å². The molecule has 0 bridgehead atoms. The van der Waals surface area contributed by atoms with Gasteiger partial charge in [-0.05, 0) is 47.9 Å². The van der Waals surface area contributed by atoms with E-state index in [1.54, 1.807) is 15.9 Å². The van der Waals surface area contributed by atoms with Crippen molar-refractivity contribution in [1.29, 1.82) is 0 Å². The molecule has 6 nitrogen and oxygen atoms in total. The number of carbonyl (C=O) groups excluding carboxylic acids is 1. The van der Waals surface area contributed by atoms with Crippen molar-refractivity contribution in [3.63, 3.8) is 0 Å². The van der Waals surface area contributed by atoms with Gasteiger partial charge in [0.1, 0.15) is 6.54 Å². The van der Waals surface area contributed by atoms with Crippen LogP contribution in [-0.2, 0) is 11.3 Å². The van der Waals surface area contributed by atoms with Crippen molar-refractivity contribution in [3.05, 3.63) is 46.5 Å². The van der Waals surface area contributed by atoms with Crippen molar-refractivity contribution in [1.82, 2.24) is 14.8 Å². The number of aromatic amines is 1. The number of amides is 1. The van der Waals surface area contributed by atoms with Gasteiger partial charge >= 0.3 is 0 Å². The molecule has 3 aromatic rings. The van der Waals surface area contributed by atoms with Crippen molar-refractivity contribution >= 4 is 40.8 Å². The predicted octanol–water partition coefficient (Wildman–Crippen LogP) is 3.37. The van der Waals surface area contributed by atoms with Crippen LogP contribution in [0.25, 0.3) is 10.7 Å². The third kappa shape index (κ3) is 3.55. The van der Waals surface area contributed by atoms with Crippen LogP contribution in [0.5, 0.6) is 0 Å². The minimum atomic E-state index is -0.150. The van der Waals surface area contributed by atoms with Crippen molar-refractivity contribution in [2.24, 2.45) is 0 Å². The van der Waals surface area contributed by atoms with Gasteiger partial charge in [0.25, 0.3) is 0 Å². The maximum absolute atomic E-state index is 12.3. The summed E-state index contributed by atoms with van der Waals surface area (Å²) >= 11 is 6.79. The maximum atomic E-state index is 12.3. The number of aromatic nitrogens is 3. The Morgan fingerprint density at radius 2 is 2.08 bits per heavy atom. The first-order valence-electron chi connectivity index (χ1n) is 7.31. The fourth-order valence-corrected chi connectivity index (χ4v) is 3.16. The number of hydrogen-bond donors (Lipinski definition) is 2. The van der Waals surface area contributed by atoms with Gasteiger partial charge in [-0.1, -0.05) is 6.07 Å². The number of nitrogens with one attached hydrogen (secondary N) is 2. The second-order valence-electron chi connectivity index (χ2n) is 5.41. The molecule has 0 unspecified atom stereocenters. The third-order valence-corrected chi connectivity index (χ3v) is 4.65. The number of benzene rings is 1. The highest BCUT2D eigenvalue weighted by atomic mass is 32.1. The molecular weight excluding hydrogens is 342 g/mol. The van der Waals surface area contributed by atoms with Gasteiger partial charge in [0.15, 0.2) is 10.6 Å². The summed E-state index contributed by atoms with van der Waals surface area (Å²) in [5.41, 5.74) is 1.82. The standard InChI is InChI=1S/C16H17N5OS2/c1-20(2)12-7-5-11(6-8-12)17-14(22)10-21-15(18-19-16(21)23)13-4-3-9-24-13/h3-9H,10H2,1-2H3,(H,17,22)(H,19,23). The van der Waals surface area contributed by atoms with E-state index < -0.39 is 0 Å². The molecule has 0 saturated heterocycles. The molecule has 0 aliphatic heterocycles. The van der Waals surface area contributed by atoms with E-state index in [1.807, 2.05) is 60.8 Å². The summed E-state index contributed by atoms with van der Waals surface area (Å²) in [6, 6.07) is 11.6. The summed E-state index contributed by atoms with van der Waals surface area (Å²) in [6.45, 7) is 0.109. The van der Waals surface area contributed by atoms with Gasteiger partial charge < -0.3 is 10.2 Å². The molecule has 1 aromatic carbocycles. The normalized spacial score (nSPS) is 10.6. The summed E-state index contributed by atoms with van der Waals surface area (Å²) in [4.78, 5) is 15.3. The van der Waals surface area contributed by atoms with Gasteiger partial charge in [0, 0.05) is 25.5 Å². The van der Waals surface area contributed by atoms with Crippen LogP contribution in [0.15, 0.2) is 41.8 Å². The smallest absolute Gasteiger partial charge is 0.244 e. The lowest BCUT2D eigenvalue weighted by molar-refractivity contribution is -0.116. The Morgan fingerprint density at radius 1 is 1.33 bits per heavy atom. The summed E-state index contributed by atoms with van der Waals surface area (Å²) in [6.07, 6.45) is 0. The lowest BCUT2D eigenvalue weighted by Crippen LogP contribution is -2.19. The summed E-state index contributed by atoms with van der Waals surface area (Å²) in [5, 5.41) is 11.8. The molecule has 8 heteroatoms. The molecule has 2 N–H and O–H groups in total. The van der Waals surface area contributed by atoms with E-state index in [9.17, 15) is 4.79 Å². The first kappa shape index (κ1) is 16.4. The Kier molecular flexibility index (Phi) is 4.77. The maximum Gasteiger partial charge on any atom is 0.244 e. The number of carbonyl (C=O) groups is 1.